The Labute approximate surface area is 143 Å². The third-order valence-corrected chi connectivity index (χ3v) is 4.50. The van der Waals surface area contributed by atoms with Crippen LogP contribution in [0.4, 0.5) is 9.18 Å². The Kier molecular flexibility index (Phi) is 5.17. The van der Waals surface area contributed by atoms with Gasteiger partial charge in [-0.1, -0.05) is 12.1 Å². The maximum absolute atomic E-state index is 13.9. The van der Waals surface area contributed by atoms with Crippen LogP contribution < -0.4 is 5.32 Å². The molecule has 0 heterocycles. The molecule has 1 N–H and O–H groups in total. The third kappa shape index (κ3) is 4.25. The molecule has 1 aliphatic carbocycles. The third-order valence-electron chi connectivity index (χ3n) is 4.50. The number of hydrogen-bond donors (Lipinski definition) is 1. The van der Waals surface area contributed by atoms with E-state index < -0.39 is 17.1 Å². The fraction of sp³-hybridized carbons (Fsp3) is 0.579. The van der Waals surface area contributed by atoms with Gasteiger partial charge in [0.15, 0.2) is 0 Å². The normalized spacial score (nSPS) is 24.1. The van der Waals surface area contributed by atoms with Crippen molar-refractivity contribution in [3.63, 3.8) is 0 Å². The Balaban J connectivity index is 2.03. The molecule has 0 unspecified atom stereocenters. The Morgan fingerprint density at radius 2 is 2.00 bits per heavy atom. The van der Waals surface area contributed by atoms with Crippen molar-refractivity contribution in [2.45, 2.75) is 70.4 Å². The molecule has 5 heteroatoms. The standard InChI is InChI=1S/C19H25FN2O2/c1-13-5-6-14(11-16(13)20)19(12-21)9-7-15(8-10-19)22-17(23)24-18(2,3)4/h5-6,11,15H,7-10H2,1-4H3,(H,22,23)/t15-,19-. The molecule has 4 nitrogen and oxygen atoms in total. The molecule has 2 rings (SSSR count). The second kappa shape index (κ2) is 6.80. The van der Waals surface area contributed by atoms with Crippen LogP contribution in [0.15, 0.2) is 18.2 Å². The van der Waals surface area contributed by atoms with E-state index in [2.05, 4.69) is 11.4 Å². The molecule has 0 aliphatic heterocycles. The summed E-state index contributed by atoms with van der Waals surface area (Å²) in [6.07, 6.45) is 2.09. The summed E-state index contributed by atoms with van der Waals surface area (Å²) in [5.74, 6) is -0.281. The number of aryl methyl sites for hydroxylation is 1. The number of nitrogens with zero attached hydrogens (tertiary/aromatic N) is 1. The number of rotatable bonds is 2. The molecule has 0 saturated heterocycles. The van der Waals surface area contributed by atoms with E-state index >= 15 is 0 Å². The quantitative estimate of drug-likeness (QED) is 0.875. The number of nitrogens with one attached hydrogen (secondary N) is 1. The lowest BCUT2D eigenvalue weighted by molar-refractivity contribution is 0.0487. The molecule has 1 aromatic carbocycles. The predicted molar refractivity (Wildman–Crippen MR) is 90.1 cm³/mol. The summed E-state index contributed by atoms with van der Waals surface area (Å²) < 4.78 is 19.1. The second-order valence-corrected chi connectivity index (χ2v) is 7.58. The van der Waals surface area contributed by atoms with Gasteiger partial charge in [0, 0.05) is 6.04 Å². The SMILES string of the molecule is Cc1ccc([C@]2(C#N)CC[C@@H](NC(=O)OC(C)(C)C)CC2)cc1F. The average Bonchev–Trinajstić information content (AvgIpc) is 2.49. The predicted octanol–water partition coefficient (Wildman–Crippen LogP) is 4.36. The van der Waals surface area contributed by atoms with Gasteiger partial charge in [0.2, 0.25) is 0 Å². The maximum Gasteiger partial charge on any atom is 0.407 e. The van der Waals surface area contributed by atoms with E-state index in [1.54, 1.807) is 13.0 Å². The van der Waals surface area contributed by atoms with Crippen LogP contribution in [0, 0.1) is 24.1 Å². The number of amides is 1. The molecule has 24 heavy (non-hydrogen) atoms. The summed E-state index contributed by atoms with van der Waals surface area (Å²) in [6.45, 7) is 7.17. The van der Waals surface area contributed by atoms with Crippen LogP contribution >= 0.6 is 0 Å². The fourth-order valence-corrected chi connectivity index (χ4v) is 3.08. The highest BCUT2D eigenvalue weighted by Gasteiger charge is 2.38. The highest BCUT2D eigenvalue weighted by Crippen LogP contribution is 2.39. The molecule has 1 fully saturated rings. The second-order valence-electron chi connectivity index (χ2n) is 7.58. The van der Waals surface area contributed by atoms with Gasteiger partial charge in [-0.2, -0.15) is 5.26 Å². The zero-order valence-corrected chi connectivity index (χ0v) is 14.8. The van der Waals surface area contributed by atoms with Gasteiger partial charge in [0.05, 0.1) is 11.5 Å². The van der Waals surface area contributed by atoms with Crippen molar-refractivity contribution >= 4 is 6.09 Å². The van der Waals surface area contributed by atoms with Crippen LogP contribution in [0.5, 0.6) is 0 Å². The molecule has 130 valence electrons. The molecule has 0 spiro atoms. The van der Waals surface area contributed by atoms with Gasteiger partial charge in [-0.15, -0.1) is 0 Å². The van der Waals surface area contributed by atoms with Gasteiger partial charge in [-0.3, -0.25) is 0 Å². The number of hydrogen-bond acceptors (Lipinski definition) is 3. The summed E-state index contributed by atoms with van der Waals surface area (Å²) in [5.41, 5.74) is 0.0887. The first-order valence-corrected chi connectivity index (χ1v) is 8.33. The van der Waals surface area contributed by atoms with Crippen LogP contribution in [0.2, 0.25) is 0 Å². The van der Waals surface area contributed by atoms with E-state index in [0.717, 1.165) is 5.56 Å². The summed E-state index contributed by atoms with van der Waals surface area (Å²) in [4.78, 5) is 11.9. The number of halogens is 1. The molecule has 0 radical (unpaired) electrons. The summed E-state index contributed by atoms with van der Waals surface area (Å²) in [5, 5.41) is 12.6. The number of benzene rings is 1. The van der Waals surface area contributed by atoms with Gasteiger partial charge in [-0.05, 0) is 70.6 Å². The van der Waals surface area contributed by atoms with E-state index in [0.29, 0.717) is 31.2 Å². The Bertz CT molecular complexity index is 650. The lowest BCUT2D eigenvalue weighted by Crippen LogP contribution is -2.43. The fourth-order valence-electron chi connectivity index (χ4n) is 3.08. The van der Waals surface area contributed by atoms with Gasteiger partial charge in [-0.25, -0.2) is 9.18 Å². The lowest BCUT2D eigenvalue weighted by Gasteiger charge is -2.36. The summed E-state index contributed by atoms with van der Waals surface area (Å²) >= 11 is 0. The van der Waals surface area contributed by atoms with Crippen LogP contribution in [0.25, 0.3) is 0 Å². The van der Waals surface area contributed by atoms with E-state index in [4.69, 9.17) is 4.74 Å². The van der Waals surface area contributed by atoms with Crippen molar-refractivity contribution in [1.29, 1.82) is 5.26 Å². The van der Waals surface area contributed by atoms with E-state index in [1.807, 2.05) is 26.8 Å². The first-order chi connectivity index (χ1) is 11.1. The number of carbonyl (C=O) groups is 1. The zero-order valence-electron chi connectivity index (χ0n) is 14.8. The van der Waals surface area contributed by atoms with Crippen molar-refractivity contribution in [3.8, 4) is 6.07 Å². The minimum Gasteiger partial charge on any atom is -0.444 e. The Morgan fingerprint density at radius 1 is 1.38 bits per heavy atom. The van der Waals surface area contributed by atoms with Gasteiger partial charge >= 0.3 is 6.09 Å². The van der Waals surface area contributed by atoms with Crippen LogP contribution in [0.3, 0.4) is 0 Å². The molecule has 1 saturated carbocycles. The zero-order chi connectivity index (χ0) is 18.0. The van der Waals surface area contributed by atoms with Crippen LogP contribution in [0.1, 0.15) is 57.6 Å². The minimum atomic E-state index is -0.680. The van der Waals surface area contributed by atoms with Gasteiger partial charge in [0.25, 0.3) is 0 Å². The largest absolute Gasteiger partial charge is 0.444 e. The molecular formula is C19H25FN2O2. The first kappa shape index (κ1) is 18.3. The van der Waals surface area contributed by atoms with E-state index in [9.17, 15) is 14.4 Å². The highest BCUT2D eigenvalue weighted by molar-refractivity contribution is 5.68. The number of carbonyl (C=O) groups excluding carboxylic acids is 1. The molecule has 0 bridgehead atoms. The minimum absolute atomic E-state index is 0.0170. The lowest BCUT2D eigenvalue weighted by atomic mass is 9.69. The van der Waals surface area contributed by atoms with Crippen molar-refractivity contribution < 1.29 is 13.9 Å². The van der Waals surface area contributed by atoms with Crippen LogP contribution in [-0.2, 0) is 10.2 Å². The van der Waals surface area contributed by atoms with Gasteiger partial charge < -0.3 is 10.1 Å². The first-order valence-electron chi connectivity index (χ1n) is 8.33. The smallest absolute Gasteiger partial charge is 0.407 e. The van der Waals surface area contributed by atoms with E-state index in [-0.39, 0.29) is 11.9 Å². The summed E-state index contributed by atoms with van der Waals surface area (Å²) in [6, 6.07) is 7.39. The van der Waals surface area contributed by atoms with Crippen molar-refractivity contribution in [3.05, 3.63) is 35.1 Å². The average molecular weight is 332 g/mol. The van der Waals surface area contributed by atoms with Gasteiger partial charge in [0.1, 0.15) is 11.4 Å². The molecule has 1 aliphatic rings. The van der Waals surface area contributed by atoms with Crippen LogP contribution in [-0.4, -0.2) is 17.7 Å². The summed E-state index contributed by atoms with van der Waals surface area (Å²) in [7, 11) is 0. The number of nitriles is 1. The van der Waals surface area contributed by atoms with Crippen molar-refractivity contribution in [1.82, 2.24) is 5.32 Å². The highest BCUT2D eigenvalue weighted by atomic mass is 19.1. The van der Waals surface area contributed by atoms with Crippen molar-refractivity contribution in [2.75, 3.05) is 0 Å². The number of ether oxygens (including phenoxy) is 1. The molecular weight excluding hydrogens is 307 g/mol. The molecule has 1 aromatic rings. The number of alkyl carbamates (subject to hydrolysis) is 1. The molecule has 0 aromatic heterocycles. The molecule has 0 atom stereocenters. The molecule has 1 amide bonds. The monoisotopic (exact) mass is 332 g/mol. The Morgan fingerprint density at radius 3 is 2.50 bits per heavy atom. The topological polar surface area (TPSA) is 62.1 Å². The van der Waals surface area contributed by atoms with Crippen molar-refractivity contribution in [2.24, 2.45) is 0 Å². The van der Waals surface area contributed by atoms with E-state index in [1.165, 1.54) is 6.07 Å². The Hall–Kier alpha value is -2.09. The maximum atomic E-state index is 13.9.